The normalized spacial score (nSPS) is 18.5. The van der Waals surface area contributed by atoms with Crippen LogP contribution in [0.15, 0.2) is 54.6 Å². The smallest absolute Gasteiger partial charge is 0.399 e. The molecule has 2 unspecified atom stereocenters. The molecule has 0 bridgehead atoms. The maximum Gasteiger partial charge on any atom is 0.573 e. The molecule has 1 fully saturated rings. The Kier molecular flexibility index (Phi) is 7.37. The van der Waals surface area contributed by atoms with Gasteiger partial charge in [-0.15, -0.1) is 13.2 Å². The van der Waals surface area contributed by atoms with Crippen molar-refractivity contribution in [3.05, 3.63) is 77.6 Å². The third-order valence-electron chi connectivity index (χ3n) is 5.88. The Hall–Kier alpha value is -3.04. The molecule has 3 aromatic rings. The fourth-order valence-corrected chi connectivity index (χ4v) is 4.18. The van der Waals surface area contributed by atoms with Crippen molar-refractivity contribution in [2.24, 2.45) is 5.92 Å². The Morgan fingerprint density at radius 3 is 2.00 bits per heavy atom. The molecule has 35 heavy (non-hydrogen) atoms. The first-order valence-electron chi connectivity index (χ1n) is 10.9. The van der Waals surface area contributed by atoms with Gasteiger partial charge in [0.1, 0.15) is 5.82 Å². The van der Waals surface area contributed by atoms with Crippen LogP contribution in [0.2, 0.25) is 0 Å². The number of alkyl halides is 3. The molecular formula is C26H22F6O3. The highest BCUT2D eigenvalue weighted by Crippen LogP contribution is 2.36. The van der Waals surface area contributed by atoms with Gasteiger partial charge < -0.3 is 14.2 Å². The molecule has 0 aromatic heterocycles. The van der Waals surface area contributed by atoms with E-state index in [0.29, 0.717) is 36.8 Å². The summed E-state index contributed by atoms with van der Waals surface area (Å²) in [4.78, 5) is 0. The van der Waals surface area contributed by atoms with Crippen molar-refractivity contribution in [2.45, 2.75) is 25.3 Å². The molecule has 1 saturated heterocycles. The standard InChI is InChI=1S/C26H22F6O3/c1-33-13-15-2-9-24(34-14-15)17-5-3-16(4-6-17)18-7-8-20(21(27)10-18)19-11-22(28)25(23(29)12-19)35-26(30,31)32/h3-8,10-12,15,24H,2,9,13-14H2,1H3. The molecule has 0 N–H and O–H groups in total. The topological polar surface area (TPSA) is 27.7 Å². The number of ether oxygens (including phenoxy) is 3. The minimum atomic E-state index is -5.26. The molecule has 186 valence electrons. The first-order chi connectivity index (χ1) is 16.6. The van der Waals surface area contributed by atoms with Crippen molar-refractivity contribution in [1.29, 1.82) is 0 Å². The fraction of sp³-hybridized carbons (Fsp3) is 0.308. The molecule has 3 aromatic carbocycles. The van der Waals surface area contributed by atoms with Crippen LogP contribution in [0.3, 0.4) is 0 Å². The summed E-state index contributed by atoms with van der Waals surface area (Å²) in [6, 6.07) is 12.8. The average molecular weight is 496 g/mol. The van der Waals surface area contributed by atoms with Gasteiger partial charge in [0.25, 0.3) is 0 Å². The van der Waals surface area contributed by atoms with Gasteiger partial charge in [0.2, 0.25) is 5.75 Å². The molecule has 2 atom stereocenters. The number of methoxy groups -OCH3 is 1. The fourth-order valence-electron chi connectivity index (χ4n) is 4.18. The van der Waals surface area contributed by atoms with Gasteiger partial charge in [0.15, 0.2) is 11.6 Å². The lowest BCUT2D eigenvalue weighted by Gasteiger charge is -2.29. The third kappa shape index (κ3) is 5.97. The van der Waals surface area contributed by atoms with Gasteiger partial charge in [-0.05, 0) is 53.3 Å². The molecule has 1 heterocycles. The second-order valence-corrected chi connectivity index (χ2v) is 8.35. The summed E-state index contributed by atoms with van der Waals surface area (Å²) >= 11 is 0. The second kappa shape index (κ2) is 10.3. The zero-order valence-electron chi connectivity index (χ0n) is 18.7. The van der Waals surface area contributed by atoms with E-state index >= 15 is 0 Å². The van der Waals surface area contributed by atoms with Crippen LogP contribution in [0.1, 0.15) is 24.5 Å². The zero-order valence-corrected chi connectivity index (χ0v) is 18.7. The summed E-state index contributed by atoms with van der Waals surface area (Å²) in [5.74, 6) is -5.17. The van der Waals surface area contributed by atoms with Crippen molar-refractivity contribution in [3.63, 3.8) is 0 Å². The van der Waals surface area contributed by atoms with Crippen LogP contribution < -0.4 is 4.74 Å². The summed E-state index contributed by atoms with van der Waals surface area (Å²) in [6.07, 6.45) is -3.42. The largest absolute Gasteiger partial charge is 0.573 e. The first kappa shape index (κ1) is 25.1. The van der Waals surface area contributed by atoms with E-state index in [-0.39, 0.29) is 17.2 Å². The molecule has 1 aliphatic heterocycles. The van der Waals surface area contributed by atoms with Crippen LogP contribution in [0.25, 0.3) is 22.3 Å². The average Bonchev–Trinajstić information content (AvgIpc) is 2.81. The van der Waals surface area contributed by atoms with Crippen molar-refractivity contribution in [2.75, 3.05) is 20.3 Å². The van der Waals surface area contributed by atoms with Crippen LogP contribution in [0, 0.1) is 23.4 Å². The molecule has 1 aliphatic rings. The molecule has 0 spiro atoms. The molecule has 0 radical (unpaired) electrons. The number of hydrogen-bond donors (Lipinski definition) is 0. The van der Waals surface area contributed by atoms with Crippen LogP contribution in [-0.4, -0.2) is 26.7 Å². The maximum absolute atomic E-state index is 14.8. The lowest BCUT2D eigenvalue weighted by Crippen LogP contribution is -2.23. The SMILES string of the molecule is COCC1CCC(c2ccc(-c3ccc(-c4cc(F)c(OC(F)(F)F)c(F)c4)c(F)c3)cc2)OC1. The number of halogens is 6. The number of hydrogen-bond acceptors (Lipinski definition) is 3. The van der Waals surface area contributed by atoms with E-state index in [1.54, 1.807) is 13.2 Å². The Morgan fingerprint density at radius 2 is 1.46 bits per heavy atom. The Balaban J connectivity index is 1.51. The first-order valence-corrected chi connectivity index (χ1v) is 10.9. The van der Waals surface area contributed by atoms with E-state index in [0.717, 1.165) is 24.0 Å². The predicted octanol–water partition coefficient (Wildman–Crippen LogP) is 7.45. The summed E-state index contributed by atoms with van der Waals surface area (Å²) in [6.45, 7) is 1.29. The summed E-state index contributed by atoms with van der Waals surface area (Å²) in [5.41, 5.74) is 1.84. The molecule has 4 rings (SSSR count). The molecule has 0 saturated carbocycles. The molecular weight excluding hydrogens is 474 g/mol. The molecule has 9 heteroatoms. The Morgan fingerprint density at radius 1 is 0.829 bits per heavy atom. The van der Waals surface area contributed by atoms with Crippen LogP contribution >= 0.6 is 0 Å². The van der Waals surface area contributed by atoms with Gasteiger partial charge in [-0.2, -0.15) is 0 Å². The number of benzene rings is 3. The lowest BCUT2D eigenvalue weighted by atomic mass is 9.93. The van der Waals surface area contributed by atoms with Crippen LogP contribution in [0.5, 0.6) is 5.75 Å². The Bertz CT molecular complexity index is 1150. The summed E-state index contributed by atoms with van der Waals surface area (Å²) in [7, 11) is 1.67. The van der Waals surface area contributed by atoms with E-state index in [2.05, 4.69) is 4.74 Å². The quantitative estimate of drug-likeness (QED) is 0.332. The third-order valence-corrected chi connectivity index (χ3v) is 5.88. The van der Waals surface area contributed by atoms with E-state index in [4.69, 9.17) is 9.47 Å². The van der Waals surface area contributed by atoms with Crippen LogP contribution in [-0.2, 0) is 9.47 Å². The van der Waals surface area contributed by atoms with Gasteiger partial charge in [0, 0.05) is 18.6 Å². The van der Waals surface area contributed by atoms with Crippen molar-refractivity contribution in [1.82, 2.24) is 0 Å². The monoisotopic (exact) mass is 496 g/mol. The van der Waals surface area contributed by atoms with Gasteiger partial charge >= 0.3 is 6.36 Å². The zero-order chi connectivity index (χ0) is 25.2. The van der Waals surface area contributed by atoms with Crippen LogP contribution in [0.4, 0.5) is 26.3 Å². The van der Waals surface area contributed by atoms with Gasteiger partial charge in [-0.3, -0.25) is 0 Å². The van der Waals surface area contributed by atoms with Crippen molar-refractivity contribution < 1.29 is 40.6 Å². The van der Waals surface area contributed by atoms with Gasteiger partial charge in [-0.1, -0.05) is 36.4 Å². The minimum Gasteiger partial charge on any atom is -0.399 e. The lowest BCUT2D eigenvalue weighted by molar-refractivity contribution is -0.276. The van der Waals surface area contributed by atoms with Crippen molar-refractivity contribution in [3.8, 4) is 28.0 Å². The van der Waals surface area contributed by atoms with Gasteiger partial charge in [0.05, 0.1) is 19.3 Å². The highest BCUT2D eigenvalue weighted by molar-refractivity contribution is 5.71. The second-order valence-electron chi connectivity index (χ2n) is 8.35. The summed E-state index contributed by atoms with van der Waals surface area (Å²) < 4.78 is 94.5. The van der Waals surface area contributed by atoms with E-state index in [9.17, 15) is 26.3 Å². The van der Waals surface area contributed by atoms with Crippen molar-refractivity contribution >= 4 is 0 Å². The highest BCUT2D eigenvalue weighted by Gasteiger charge is 2.34. The molecule has 0 amide bonds. The minimum absolute atomic E-state index is 0.0228. The van der Waals surface area contributed by atoms with E-state index in [1.807, 2.05) is 24.3 Å². The molecule has 3 nitrogen and oxygen atoms in total. The van der Waals surface area contributed by atoms with Gasteiger partial charge in [-0.25, -0.2) is 13.2 Å². The highest BCUT2D eigenvalue weighted by atomic mass is 19.4. The molecule has 0 aliphatic carbocycles. The van der Waals surface area contributed by atoms with E-state index in [1.165, 1.54) is 12.1 Å². The summed E-state index contributed by atoms with van der Waals surface area (Å²) in [5, 5.41) is 0. The Labute approximate surface area is 198 Å². The predicted molar refractivity (Wildman–Crippen MR) is 117 cm³/mol. The number of rotatable bonds is 6. The van der Waals surface area contributed by atoms with E-state index < -0.39 is 29.6 Å². The maximum atomic E-state index is 14.8.